The highest BCUT2D eigenvalue weighted by Gasteiger charge is 2.15. The van der Waals surface area contributed by atoms with Crippen molar-refractivity contribution in [2.24, 2.45) is 0 Å². The van der Waals surface area contributed by atoms with Crippen molar-refractivity contribution in [1.29, 1.82) is 0 Å². The molecule has 0 atom stereocenters. The van der Waals surface area contributed by atoms with Crippen LogP contribution in [0.4, 0.5) is 5.13 Å². The third-order valence-electron chi connectivity index (χ3n) is 3.24. The van der Waals surface area contributed by atoms with Gasteiger partial charge in [0.15, 0.2) is 0 Å². The molecule has 5 nitrogen and oxygen atoms in total. The van der Waals surface area contributed by atoms with E-state index in [1.807, 2.05) is 45.0 Å². The number of fused-ring (bicyclic) bond motifs is 1. The van der Waals surface area contributed by atoms with E-state index in [1.165, 1.54) is 11.3 Å². The predicted octanol–water partition coefficient (Wildman–Crippen LogP) is 3.77. The average molecular weight is 312 g/mol. The Labute approximate surface area is 132 Å². The molecule has 2 aromatic heterocycles. The SMILES string of the molecule is Cc1cc(C(=O)Nc2nnc(C(C)C)s2)c2ccccc2n1. The maximum atomic E-state index is 12.6. The van der Waals surface area contributed by atoms with Gasteiger partial charge in [0, 0.05) is 17.0 Å². The molecule has 1 N–H and O–H groups in total. The van der Waals surface area contributed by atoms with Gasteiger partial charge in [0.2, 0.25) is 5.13 Å². The first-order valence-electron chi connectivity index (χ1n) is 7.05. The Morgan fingerprint density at radius 1 is 1.23 bits per heavy atom. The van der Waals surface area contributed by atoms with Gasteiger partial charge in [0.25, 0.3) is 5.91 Å². The first-order chi connectivity index (χ1) is 10.5. The highest BCUT2D eigenvalue weighted by Crippen LogP contribution is 2.24. The van der Waals surface area contributed by atoms with Crippen LogP contribution in [0.2, 0.25) is 0 Å². The van der Waals surface area contributed by atoms with E-state index < -0.39 is 0 Å². The second-order valence-electron chi connectivity index (χ2n) is 5.38. The van der Waals surface area contributed by atoms with Crippen molar-refractivity contribution in [3.8, 4) is 0 Å². The molecule has 0 aliphatic carbocycles. The number of nitrogens with one attached hydrogen (secondary N) is 1. The molecule has 0 aliphatic rings. The summed E-state index contributed by atoms with van der Waals surface area (Å²) in [7, 11) is 0. The maximum Gasteiger partial charge on any atom is 0.258 e. The topological polar surface area (TPSA) is 67.8 Å². The van der Waals surface area contributed by atoms with Crippen molar-refractivity contribution >= 4 is 33.3 Å². The van der Waals surface area contributed by atoms with E-state index in [0.29, 0.717) is 16.6 Å². The predicted molar refractivity (Wildman–Crippen MR) is 88.4 cm³/mol. The van der Waals surface area contributed by atoms with Crippen LogP contribution in [-0.4, -0.2) is 21.1 Å². The summed E-state index contributed by atoms with van der Waals surface area (Å²) in [5.41, 5.74) is 2.22. The summed E-state index contributed by atoms with van der Waals surface area (Å²) in [5.74, 6) is 0.111. The lowest BCUT2D eigenvalue weighted by Crippen LogP contribution is -2.13. The van der Waals surface area contributed by atoms with Gasteiger partial charge in [-0.25, -0.2) is 0 Å². The van der Waals surface area contributed by atoms with E-state index in [1.54, 1.807) is 6.07 Å². The zero-order valence-electron chi connectivity index (χ0n) is 12.6. The molecule has 0 aliphatic heterocycles. The van der Waals surface area contributed by atoms with Gasteiger partial charge < -0.3 is 0 Å². The molecular formula is C16H16N4OS. The molecule has 22 heavy (non-hydrogen) atoms. The molecule has 2 heterocycles. The van der Waals surface area contributed by atoms with Crippen LogP contribution in [0.3, 0.4) is 0 Å². The number of hydrogen-bond donors (Lipinski definition) is 1. The monoisotopic (exact) mass is 312 g/mol. The first kappa shape index (κ1) is 14.6. The maximum absolute atomic E-state index is 12.6. The zero-order valence-corrected chi connectivity index (χ0v) is 13.4. The Hall–Kier alpha value is -2.34. The van der Waals surface area contributed by atoms with Gasteiger partial charge in [-0.1, -0.05) is 43.4 Å². The fourth-order valence-corrected chi connectivity index (χ4v) is 2.92. The van der Waals surface area contributed by atoms with E-state index >= 15 is 0 Å². The molecule has 0 fully saturated rings. The Kier molecular flexibility index (Phi) is 3.85. The summed E-state index contributed by atoms with van der Waals surface area (Å²) < 4.78 is 0. The third-order valence-corrected chi connectivity index (χ3v) is 4.38. The van der Waals surface area contributed by atoms with Crippen molar-refractivity contribution < 1.29 is 4.79 Å². The van der Waals surface area contributed by atoms with Gasteiger partial charge >= 0.3 is 0 Å². The number of aromatic nitrogens is 3. The summed E-state index contributed by atoms with van der Waals surface area (Å²) in [5, 5.41) is 13.2. The number of benzene rings is 1. The summed E-state index contributed by atoms with van der Waals surface area (Å²) in [6.07, 6.45) is 0. The molecule has 112 valence electrons. The van der Waals surface area contributed by atoms with Gasteiger partial charge in [-0.3, -0.25) is 15.1 Å². The average Bonchev–Trinajstić information content (AvgIpc) is 2.95. The number of carbonyl (C=O) groups excluding carboxylic acids is 1. The molecule has 0 unspecified atom stereocenters. The normalized spacial score (nSPS) is 11.1. The lowest BCUT2D eigenvalue weighted by atomic mass is 10.1. The molecule has 6 heteroatoms. The van der Waals surface area contributed by atoms with E-state index in [4.69, 9.17) is 0 Å². The van der Waals surface area contributed by atoms with Crippen LogP contribution in [0.5, 0.6) is 0 Å². The Bertz CT molecular complexity index is 841. The molecule has 3 aromatic rings. The number of rotatable bonds is 3. The van der Waals surface area contributed by atoms with E-state index in [-0.39, 0.29) is 5.91 Å². The molecule has 0 saturated carbocycles. The molecule has 0 bridgehead atoms. The summed E-state index contributed by atoms with van der Waals surface area (Å²) >= 11 is 1.40. The minimum Gasteiger partial charge on any atom is -0.296 e. The van der Waals surface area contributed by atoms with Gasteiger partial charge in [0.05, 0.1) is 11.1 Å². The summed E-state index contributed by atoms with van der Waals surface area (Å²) in [6.45, 7) is 5.97. The molecule has 0 radical (unpaired) electrons. The van der Waals surface area contributed by atoms with Gasteiger partial charge in [-0.15, -0.1) is 10.2 Å². The van der Waals surface area contributed by atoms with Crippen molar-refractivity contribution in [2.45, 2.75) is 26.7 Å². The minimum absolute atomic E-state index is 0.187. The van der Waals surface area contributed by atoms with Crippen LogP contribution in [-0.2, 0) is 0 Å². The Balaban J connectivity index is 1.94. The molecule has 0 spiro atoms. The number of anilines is 1. The highest BCUT2D eigenvalue weighted by molar-refractivity contribution is 7.15. The fraction of sp³-hybridized carbons (Fsp3) is 0.250. The van der Waals surface area contributed by atoms with E-state index in [0.717, 1.165) is 21.6 Å². The van der Waals surface area contributed by atoms with Crippen molar-refractivity contribution in [1.82, 2.24) is 15.2 Å². The number of nitrogens with zero attached hydrogens (tertiary/aromatic N) is 3. The molecule has 1 aromatic carbocycles. The van der Waals surface area contributed by atoms with Crippen molar-refractivity contribution in [2.75, 3.05) is 5.32 Å². The second kappa shape index (κ2) is 5.81. The number of pyridine rings is 1. The van der Waals surface area contributed by atoms with Crippen LogP contribution in [0.1, 0.15) is 40.8 Å². The van der Waals surface area contributed by atoms with Crippen molar-refractivity contribution in [3.63, 3.8) is 0 Å². The highest BCUT2D eigenvalue weighted by atomic mass is 32.1. The number of aryl methyl sites for hydroxylation is 1. The summed E-state index contributed by atoms with van der Waals surface area (Å²) in [6, 6.07) is 9.41. The van der Waals surface area contributed by atoms with Crippen LogP contribution in [0.25, 0.3) is 10.9 Å². The zero-order chi connectivity index (χ0) is 15.7. The lowest BCUT2D eigenvalue weighted by Gasteiger charge is -2.07. The standard InChI is InChI=1S/C16H16N4OS/c1-9(2)15-19-20-16(22-15)18-14(21)12-8-10(3)17-13-7-5-4-6-11(12)13/h4-9H,1-3H3,(H,18,20,21). The molecule has 3 rings (SSSR count). The molecule has 1 amide bonds. The Morgan fingerprint density at radius 3 is 2.73 bits per heavy atom. The van der Waals surface area contributed by atoms with Crippen LogP contribution < -0.4 is 5.32 Å². The van der Waals surface area contributed by atoms with E-state index in [9.17, 15) is 4.79 Å². The van der Waals surface area contributed by atoms with Crippen molar-refractivity contribution in [3.05, 3.63) is 46.6 Å². The minimum atomic E-state index is -0.187. The quantitative estimate of drug-likeness (QED) is 0.799. The first-order valence-corrected chi connectivity index (χ1v) is 7.87. The van der Waals surface area contributed by atoms with Crippen LogP contribution in [0, 0.1) is 6.92 Å². The van der Waals surface area contributed by atoms with Crippen LogP contribution >= 0.6 is 11.3 Å². The summed E-state index contributed by atoms with van der Waals surface area (Å²) in [4.78, 5) is 17.0. The number of carbonyl (C=O) groups is 1. The van der Waals surface area contributed by atoms with E-state index in [2.05, 4.69) is 20.5 Å². The van der Waals surface area contributed by atoms with Gasteiger partial charge in [0.1, 0.15) is 5.01 Å². The number of hydrogen-bond acceptors (Lipinski definition) is 5. The lowest BCUT2D eigenvalue weighted by molar-refractivity contribution is 0.102. The molecule has 0 saturated heterocycles. The largest absolute Gasteiger partial charge is 0.296 e. The van der Waals surface area contributed by atoms with Gasteiger partial charge in [-0.2, -0.15) is 0 Å². The van der Waals surface area contributed by atoms with Crippen LogP contribution in [0.15, 0.2) is 30.3 Å². The smallest absolute Gasteiger partial charge is 0.258 e. The number of para-hydroxylation sites is 1. The number of amides is 1. The molecular weight excluding hydrogens is 296 g/mol. The Morgan fingerprint density at radius 2 is 2.00 bits per heavy atom. The van der Waals surface area contributed by atoms with Gasteiger partial charge in [-0.05, 0) is 19.1 Å². The third kappa shape index (κ3) is 2.82. The fourth-order valence-electron chi connectivity index (χ4n) is 2.18. The second-order valence-corrected chi connectivity index (χ2v) is 6.39.